The number of pyridine rings is 1. The molecule has 3 heterocycles. The first-order chi connectivity index (χ1) is 15.4. The Balaban J connectivity index is 1.31. The zero-order chi connectivity index (χ0) is 22.7. The molecule has 1 N–H and O–H groups in total. The van der Waals surface area contributed by atoms with Gasteiger partial charge in [0.1, 0.15) is 0 Å². The minimum absolute atomic E-state index is 0.0798. The van der Waals surface area contributed by atoms with Crippen molar-refractivity contribution >= 4 is 11.6 Å². The number of carbonyl (C=O) groups excluding carboxylic acids is 1. The lowest BCUT2D eigenvalue weighted by Gasteiger charge is -2.38. The molecule has 7 nitrogen and oxygen atoms in total. The molecule has 1 aromatic carbocycles. The number of aryl methyl sites for hydroxylation is 2. The Labute approximate surface area is 190 Å². The summed E-state index contributed by atoms with van der Waals surface area (Å²) in [5, 5.41) is 7.44. The molecule has 0 spiro atoms. The number of aromatic nitrogens is 3. The Morgan fingerprint density at radius 1 is 1.03 bits per heavy atom. The minimum atomic E-state index is -0.0798. The Hall–Kier alpha value is -3.19. The van der Waals surface area contributed by atoms with Gasteiger partial charge in [-0.05, 0) is 69.7 Å². The van der Waals surface area contributed by atoms with Crippen molar-refractivity contribution < 1.29 is 4.79 Å². The van der Waals surface area contributed by atoms with Crippen LogP contribution in [0.3, 0.4) is 0 Å². The molecule has 3 aromatic rings. The second-order valence-electron chi connectivity index (χ2n) is 8.71. The van der Waals surface area contributed by atoms with Crippen molar-refractivity contribution in [2.45, 2.75) is 40.3 Å². The maximum Gasteiger partial charge on any atom is 0.251 e. The minimum Gasteiger partial charge on any atom is -0.369 e. The van der Waals surface area contributed by atoms with Gasteiger partial charge in [-0.25, -0.2) is 9.67 Å². The van der Waals surface area contributed by atoms with Gasteiger partial charge in [0.2, 0.25) is 0 Å². The van der Waals surface area contributed by atoms with Crippen LogP contribution in [0.5, 0.6) is 0 Å². The number of nitrogens with one attached hydrogen (secondary N) is 1. The zero-order valence-corrected chi connectivity index (χ0v) is 19.4. The summed E-state index contributed by atoms with van der Waals surface area (Å²) in [5.74, 6) is 0.694. The normalized spacial score (nSPS) is 14.7. The predicted octanol–water partition coefficient (Wildman–Crippen LogP) is 3.34. The number of hydrogen-bond acceptors (Lipinski definition) is 5. The van der Waals surface area contributed by atoms with E-state index in [9.17, 15) is 4.79 Å². The van der Waals surface area contributed by atoms with Crippen LogP contribution >= 0.6 is 0 Å². The van der Waals surface area contributed by atoms with Gasteiger partial charge in [-0.3, -0.25) is 9.69 Å². The summed E-state index contributed by atoms with van der Waals surface area (Å²) in [6.45, 7) is 13.1. The molecule has 7 heteroatoms. The second kappa shape index (κ2) is 9.53. The molecule has 32 heavy (non-hydrogen) atoms. The first-order valence-electron chi connectivity index (χ1n) is 11.3. The van der Waals surface area contributed by atoms with Crippen LogP contribution in [0.1, 0.15) is 41.2 Å². The molecule has 0 radical (unpaired) electrons. The largest absolute Gasteiger partial charge is 0.369 e. The van der Waals surface area contributed by atoms with E-state index in [2.05, 4.69) is 39.0 Å². The third-order valence-electron chi connectivity index (χ3n) is 6.03. The SMILES string of the molecule is Cc1cc(C)n(-c2ccc(CNC(=O)c3ccc(N4CCN(C(C)C)CC4)cc3)cn2)n1. The van der Waals surface area contributed by atoms with E-state index in [1.807, 2.05) is 61.0 Å². The molecule has 0 aliphatic carbocycles. The van der Waals surface area contributed by atoms with Gasteiger partial charge in [-0.1, -0.05) is 6.07 Å². The van der Waals surface area contributed by atoms with Gasteiger partial charge >= 0.3 is 0 Å². The quantitative estimate of drug-likeness (QED) is 0.647. The number of anilines is 1. The van der Waals surface area contributed by atoms with Crippen LogP contribution in [-0.2, 0) is 6.54 Å². The maximum absolute atomic E-state index is 12.6. The molecule has 1 fully saturated rings. The van der Waals surface area contributed by atoms with Crippen molar-refractivity contribution in [3.05, 3.63) is 71.2 Å². The highest BCUT2D eigenvalue weighted by molar-refractivity contribution is 5.94. The molecule has 2 aromatic heterocycles. The van der Waals surface area contributed by atoms with E-state index < -0.39 is 0 Å². The summed E-state index contributed by atoms with van der Waals surface area (Å²) in [5.41, 5.74) is 4.80. The van der Waals surface area contributed by atoms with E-state index in [0.717, 1.165) is 48.9 Å². The molecule has 1 amide bonds. The smallest absolute Gasteiger partial charge is 0.251 e. The molecule has 4 rings (SSSR count). The van der Waals surface area contributed by atoms with Gasteiger partial charge in [-0.2, -0.15) is 5.10 Å². The lowest BCUT2D eigenvalue weighted by Crippen LogP contribution is -2.48. The fourth-order valence-electron chi connectivity index (χ4n) is 4.11. The third kappa shape index (κ3) is 4.99. The van der Waals surface area contributed by atoms with Gasteiger partial charge in [0.05, 0.1) is 5.69 Å². The molecule has 1 aliphatic rings. The lowest BCUT2D eigenvalue weighted by atomic mass is 10.1. The van der Waals surface area contributed by atoms with Crippen LogP contribution in [0, 0.1) is 13.8 Å². The van der Waals surface area contributed by atoms with Crippen molar-refractivity contribution in [2.75, 3.05) is 31.1 Å². The number of carbonyl (C=O) groups is 1. The molecular weight excluding hydrogens is 400 g/mol. The summed E-state index contributed by atoms with van der Waals surface area (Å²) in [7, 11) is 0. The number of benzene rings is 1. The topological polar surface area (TPSA) is 66.3 Å². The van der Waals surface area contributed by atoms with Crippen LogP contribution in [0.4, 0.5) is 5.69 Å². The molecule has 0 unspecified atom stereocenters. The number of piperazine rings is 1. The fraction of sp³-hybridized carbons (Fsp3) is 0.400. The van der Waals surface area contributed by atoms with E-state index in [-0.39, 0.29) is 5.91 Å². The Morgan fingerprint density at radius 2 is 1.75 bits per heavy atom. The first-order valence-corrected chi connectivity index (χ1v) is 11.3. The molecular formula is C25H32N6O. The molecule has 0 atom stereocenters. The van der Waals surface area contributed by atoms with Crippen LogP contribution in [0.2, 0.25) is 0 Å². The maximum atomic E-state index is 12.6. The fourth-order valence-corrected chi connectivity index (χ4v) is 4.11. The van der Waals surface area contributed by atoms with Gasteiger partial charge in [0.15, 0.2) is 5.82 Å². The highest BCUT2D eigenvalue weighted by Gasteiger charge is 2.19. The zero-order valence-electron chi connectivity index (χ0n) is 19.4. The van der Waals surface area contributed by atoms with E-state index in [0.29, 0.717) is 18.2 Å². The van der Waals surface area contributed by atoms with Gasteiger partial charge < -0.3 is 10.2 Å². The average molecular weight is 433 g/mol. The van der Waals surface area contributed by atoms with Gasteiger partial charge in [0, 0.05) is 61.9 Å². The Bertz CT molecular complexity index is 1050. The third-order valence-corrected chi connectivity index (χ3v) is 6.03. The van der Waals surface area contributed by atoms with Gasteiger partial charge in [-0.15, -0.1) is 0 Å². The number of hydrogen-bond donors (Lipinski definition) is 1. The Morgan fingerprint density at radius 3 is 2.31 bits per heavy atom. The average Bonchev–Trinajstić information content (AvgIpc) is 3.15. The number of rotatable bonds is 6. The summed E-state index contributed by atoms with van der Waals surface area (Å²) in [6.07, 6.45) is 1.78. The van der Waals surface area contributed by atoms with Crippen molar-refractivity contribution in [3.63, 3.8) is 0 Å². The summed E-state index contributed by atoms with van der Waals surface area (Å²) in [6, 6.07) is 14.4. The van der Waals surface area contributed by atoms with Crippen LogP contribution < -0.4 is 10.2 Å². The lowest BCUT2D eigenvalue weighted by molar-refractivity contribution is 0.0951. The van der Waals surface area contributed by atoms with Crippen LogP contribution in [0.15, 0.2) is 48.7 Å². The highest BCUT2D eigenvalue weighted by Crippen LogP contribution is 2.18. The standard InChI is InChI=1S/C25H32N6O/c1-18(2)29-11-13-30(14-12-29)23-8-6-22(7-9-23)25(32)27-17-21-5-10-24(26-16-21)31-20(4)15-19(3)28-31/h5-10,15-16,18H,11-14,17H2,1-4H3,(H,27,32). The molecule has 0 bridgehead atoms. The van der Waals surface area contributed by atoms with Crippen LogP contribution in [0.25, 0.3) is 5.82 Å². The number of amides is 1. The van der Waals surface area contributed by atoms with Crippen molar-refractivity contribution in [3.8, 4) is 5.82 Å². The number of nitrogens with zero attached hydrogens (tertiary/aromatic N) is 5. The van der Waals surface area contributed by atoms with E-state index >= 15 is 0 Å². The van der Waals surface area contributed by atoms with Gasteiger partial charge in [0.25, 0.3) is 5.91 Å². The molecule has 1 saturated heterocycles. The summed E-state index contributed by atoms with van der Waals surface area (Å²) < 4.78 is 1.82. The van der Waals surface area contributed by atoms with Crippen molar-refractivity contribution in [1.29, 1.82) is 0 Å². The molecule has 0 saturated carbocycles. The summed E-state index contributed by atoms with van der Waals surface area (Å²) >= 11 is 0. The van der Waals surface area contributed by atoms with Crippen molar-refractivity contribution in [2.24, 2.45) is 0 Å². The highest BCUT2D eigenvalue weighted by atomic mass is 16.1. The van der Waals surface area contributed by atoms with E-state index in [1.165, 1.54) is 5.69 Å². The predicted molar refractivity (Wildman–Crippen MR) is 127 cm³/mol. The monoisotopic (exact) mass is 432 g/mol. The molecule has 1 aliphatic heterocycles. The van der Waals surface area contributed by atoms with E-state index in [1.54, 1.807) is 6.20 Å². The molecule has 168 valence electrons. The van der Waals surface area contributed by atoms with Crippen LogP contribution in [-0.4, -0.2) is 57.8 Å². The van der Waals surface area contributed by atoms with E-state index in [4.69, 9.17) is 0 Å². The van der Waals surface area contributed by atoms with Crippen molar-refractivity contribution in [1.82, 2.24) is 25.0 Å². The Kier molecular flexibility index (Phi) is 6.55. The summed E-state index contributed by atoms with van der Waals surface area (Å²) in [4.78, 5) is 22.0. The first kappa shape index (κ1) is 22.0. The second-order valence-corrected chi connectivity index (χ2v) is 8.71.